The zero-order valence-electron chi connectivity index (χ0n) is 17.7. The van der Waals surface area contributed by atoms with Gasteiger partial charge in [0.25, 0.3) is 0 Å². The Hall–Kier alpha value is -3.79. The van der Waals surface area contributed by atoms with Crippen LogP contribution in [0.25, 0.3) is 22.4 Å². The highest BCUT2D eigenvalue weighted by molar-refractivity contribution is 5.81. The maximum atomic E-state index is 6.04. The molecule has 4 nitrogen and oxygen atoms in total. The van der Waals surface area contributed by atoms with Crippen LogP contribution in [0.5, 0.6) is 5.75 Å². The van der Waals surface area contributed by atoms with E-state index in [0.717, 1.165) is 28.3 Å². The number of oxazole rings is 1. The molecule has 31 heavy (non-hydrogen) atoms. The van der Waals surface area contributed by atoms with Crippen molar-refractivity contribution in [2.24, 2.45) is 0 Å². The van der Waals surface area contributed by atoms with Crippen LogP contribution in [0.1, 0.15) is 22.7 Å². The monoisotopic (exact) mass is 408 g/mol. The first-order valence-electron chi connectivity index (χ1n) is 10.5. The van der Waals surface area contributed by atoms with E-state index >= 15 is 0 Å². The molecule has 0 unspecified atom stereocenters. The number of ether oxygens (including phenoxy) is 1. The molecule has 0 aliphatic heterocycles. The molecule has 0 N–H and O–H groups in total. The van der Waals surface area contributed by atoms with E-state index in [1.54, 1.807) is 0 Å². The summed E-state index contributed by atoms with van der Waals surface area (Å²) >= 11 is 0. The number of rotatable bonds is 6. The fraction of sp³-hybridized carbons (Fsp3) is 0.148. The summed E-state index contributed by atoms with van der Waals surface area (Å²) in [7, 11) is 0. The normalized spacial score (nSPS) is 11.2. The van der Waals surface area contributed by atoms with Gasteiger partial charge in [0.05, 0.1) is 6.54 Å². The van der Waals surface area contributed by atoms with Gasteiger partial charge >= 0.3 is 0 Å². The van der Waals surface area contributed by atoms with Crippen LogP contribution < -0.4 is 4.74 Å². The minimum absolute atomic E-state index is 0.528. The Morgan fingerprint density at radius 3 is 2.55 bits per heavy atom. The van der Waals surface area contributed by atoms with Crippen LogP contribution in [0, 0.1) is 13.8 Å². The Balaban J connectivity index is 1.38. The third-order valence-electron chi connectivity index (χ3n) is 5.55. The van der Waals surface area contributed by atoms with Gasteiger partial charge in [0.15, 0.2) is 0 Å². The van der Waals surface area contributed by atoms with Crippen molar-refractivity contribution in [3.63, 3.8) is 0 Å². The summed E-state index contributed by atoms with van der Waals surface area (Å²) in [6, 6.07) is 28.7. The molecule has 5 rings (SSSR count). The lowest BCUT2D eigenvalue weighted by Gasteiger charge is -2.07. The third kappa shape index (κ3) is 3.97. The number of para-hydroxylation sites is 1. The third-order valence-corrected chi connectivity index (χ3v) is 5.55. The number of nitrogens with zero attached hydrogens (tertiary/aromatic N) is 2. The van der Waals surface area contributed by atoms with Crippen molar-refractivity contribution in [3.05, 3.63) is 108 Å². The standard InChI is InChI=1S/C27H24N2O2/c1-19-15-22-11-6-7-14-26(22)29(19)17-25-20(2)31-27(28-25)23-12-8-13-24(16-23)30-18-21-9-4-3-5-10-21/h3-16H,17-18H2,1-2H3. The molecule has 0 spiro atoms. The van der Waals surface area contributed by atoms with E-state index in [4.69, 9.17) is 14.1 Å². The van der Waals surface area contributed by atoms with E-state index in [1.807, 2.05) is 49.4 Å². The van der Waals surface area contributed by atoms with Crippen molar-refractivity contribution in [1.82, 2.24) is 9.55 Å². The van der Waals surface area contributed by atoms with Crippen LogP contribution in [0.2, 0.25) is 0 Å². The average molecular weight is 409 g/mol. The first kappa shape index (κ1) is 19.2. The highest BCUT2D eigenvalue weighted by Gasteiger charge is 2.15. The van der Waals surface area contributed by atoms with E-state index in [0.29, 0.717) is 19.0 Å². The Kier molecular flexibility index (Phi) is 5.04. The molecular formula is C27H24N2O2. The number of benzene rings is 3. The van der Waals surface area contributed by atoms with Gasteiger partial charge in [-0.1, -0.05) is 54.6 Å². The molecule has 154 valence electrons. The van der Waals surface area contributed by atoms with Crippen molar-refractivity contribution in [2.75, 3.05) is 0 Å². The lowest BCUT2D eigenvalue weighted by molar-refractivity contribution is 0.306. The predicted octanol–water partition coefficient (Wildman–Crippen LogP) is 6.54. The molecule has 0 radical (unpaired) electrons. The van der Waals surface area contributed by atoms with Crippen LogP contribution in [0.15, 0.2) is 89.3 Å². The average Bonchev–Trinajstić information content (AvgIpc) is 3.33. The van der Waals surface area contributed by atoms with Crippen molar-refractivity contribution < 1.29 is 9.15 Å². The van der Waals surface area contributed by atoms with Crippen LogP contribution in [-0.4, -0.2) is 9.55 Å². The van der Waals surface area contributed by atoms with Crippen molar-refractivity contribution >= 4 is 10.9 Å². The lowest BCUT2D eigenvalue weighted by atomic mass is 10.2. The van der Waals surface area contributed by atoms with Gasteiger partial charge in [0.1, 0.15) is 23.8 Å². The number of aromatic nitrogens is 2. The Bertz CT molecular complexity index is 1330. The molecule has 2 heterocycles. The van der Waals surface area contributed by atoms with Crippen LogP contribution in [0.4, 0.5) is 0 Å². The van der Waals surface area contributed by atoms with E-state index < -0.39 is 0 Å². The zero-order valence-corrected chi connectivity index (χ0v) is 17.7. The van der Waals surface area contributed by atoms with Gasteiger partial charge < -0.3 is 13.7 Å². The summed E-state index contributed by atoms with van der Waals surface area (Å²) in [5, 5.41) is 1.24. The first-order valence-corrected chi connectivity index (χ1v) is 10.5. The molecule has 0 saturated carbocycles. The molecule has 0 amide bonds. The van der Waals surface area contributed by atoms with E-state index in [-0.39, 0.29) is 0 Å². The highest BCUT2D eigenvalue weighted by Crippen LogP contribution is 2.27. The van der Waals surface area contributed by atoms with Gasteiger partial charge in [-0.25, -0.2) is 4.98 Å². The number of fused-ring (bicyclic) bond motifs is 1. The second kappa shape index (κ2) is 8.15. The molecule has 0 bridgehead atoms. The maximum Gasteiger partial charge on any atom is 0.226 e. The first-order chi connectivity index (χ1) is 15.2. The van der Waals surface area contributed by atoms with Gasteiger partial charge in [-0.15, -0.1) is 0 Å². The minimum atomic E-state index is 0.528. The summed E-state index contributed by atoms with van der Waals surface area (Å²) in [6.07, 6.45) is 0. The second-order valence-electron chi connectivity index (χ2n) is 7.75. The zero-order chi connectivity index (χ0) is 21.2. The molecule has 3 aromatic carbocycles. The molecule has 0 fully saturated rings. The van der Waals surface area contributed by atoms with Crippen LogP contribution in [0.3, 0.4) is 0 Å². The number of hydrogen-bond donors (Lipinski definition) is 0. The molecule has 0 atom stereocenters. The smallest absolute Gasteiger partial charge is 0.226 e. The quantitative estimate of drug-likeness (QED) is 0.320. The van der Waals surface area contributed by atoms with E-state index in [2.05, 4.69) is 54.0 Å². The number of aryl methyl sites for hydroxylation is 2. The van der Waals surface area contributed by atoms with Crippen molar-refractivity contribution in [2.45, 2.75) is 27.0 Å². The molecular weight excluding hydrogens is 384 g/mol. The fourth-order valence-corrected chi connectivity index (χ4v) is 3.87. The molecule has 0 saturated heterocycles. The topological polar surface area (TPSA) is 40.2 Å². The van der Waals surface area contributed by atoms with Gasteiger partial charge in [-0.3, -0.25) is 0 Å². The Labute approximate surface area is 181 Å². The summed E-state index contributed by atoms with van der Waals surface area (Å²) in [6.45, 7) is 5.31. The SMILES string of the molecule is Cc1oc(-c2cccc(OCc3ccccc3)c2)nc1Cn1c(C)cc2ccccc21. The van der Waals surface area contributed by atoms with Gasteiger partial charge in [-0.05, 0) is 55.1 Å². The molecule has 0 aliphatic carbocycles. The summed E-state index contributed by atoms with van der Waals surface area (Å²) < 4.78 is 14.3. The van der Waals surface area contributed by atoms with Gasteiger partial charge in [0, 0.05) is 16.8 Å². The Morgan fingerprint density at radius 2 is 1.68 bits per heavy atom. The molecule has 5 aromatic rings. The highest BCUT2D eigenvalue weighted by atomic mass is 16.5. The summed E-state index contributed by atoms with van der Waals surface area (Å²) in [5.41, 5.74) is 5.40. The molecule has 0 aliphatic rings. The fourth-order valence-electron chi connectivity index (χ4n) is 3.87. The number of hydrogen-bond acceptors (Lipinski definition) is 3. The Morgan fingerprint density at radius 1 is 0.871 bits per heavy atom. The van der Waals surface area contributed by atoms with Crippen molar-refractivity contribution in [3.8, 4) is 17.2 Å². The summed E-state index contributed by atoms with van der Waals surface area (Å²) in [4.78, 5) is 4.82. The second-order valence-corrected chi connectivity index (χ2v) is 7.75. The molecule has 2 aromatic heterocycles. The van der Waals surface area contributed by atoms with E-state index in [1.165, 1.54) is 16.6 Å². The predicted molar refractivity (Wildman–Crippen MR) is 123 cm³/mol. The largest absolute Gasteiger partial charge is 0.489 e. The molecule has 4 heteroatoms. The van der Waals surface area contributed by atoms with Crippen LogP contribution in [-0.2, 0) is 13.2 Å². The van der Waals surface area contributed by atoms with Crippen molar-refractivity contribution in [1.29, 1.82) is 0 Å². The summed E-state index contributed by atoms with van der Waals surface area (Å²) in [5.74, 6) is 2.25. The van der Waals surface area contributed by atoms with E-state index in [9.17, 15) is 0 Å². The maximum absolute atomic E-state index is 6.04. The van der Waals surface area contributed by atoms with Crippen LogP contribution >= 0.6 is 0 Å². The van der Waals surface area contributed by atoms with Gasteiger partial charge in [-0.2, -0.15) is 0 Å². The van der Waals surface area contributed by atoms with Gasteiger partial charge in [0.2, 0.25) is 5.89 Å². The lowest BCUT2D eigenvalue weighted by Crippen LogP contribution is -2.03. The minimum Gasteiger partial charge on any atom is -0.489 e.